The summed E-state index contributed by atoms with van der Waals surface area (Å²) < 4.78 is 0. The molecule has 0 radical (unpaired) electrons. The number of benzene rings is 2. The van der Waals surface area contributed by atoms with Gasteiger partial charge in [-0.25, -0.2) is 0 Å². The normalized spacial score (nSPS) is 12.2. The van der Waals surface area contributed by atoms with E-state index in [1.165, 1.54) is 22.3 Å². The molecule has 0 aromatic heterocycles. The van der Waals surface area contributed by atoms with Crippen LogP contribution in [0.3, 0.4) is 0 Å². The molecule has 0 unspecified atom stereocenters. The van der Waals surface area contributed by atoms with Crippen molar-refractivity contribution in [3.05, 3.63) is 58.7 Å². The molecule has 0 fully saturated rings. The molecule has 0 bridgehead atoms. The number of phenols is 2. The average molecular weight is 326 g/mol. The Morgan fingerprint density at radius 3 is 1.46 bits per heavy atom. The van der Waals surface area contributed by atoms with Gasteiger partial charge in [0.2, 0.25) is 0 Å². The monoisotopic (exact) mass is 326 g/mol. The van der Waals surface area contributed by atoms with Crippen LogP contribution in [0.4, 0.5) is 0 Å². The fourth-order valence-electron chi connectivity index (χ4n) is 3.59. The summed E-state index contributed by atoms with van der Waals surface area (Å²) in [5, 5.41) is 19.9. The van der Waals surface area contributed by atoms with E-state index in [-0.39, 0.29) is 5.41 Å². The third-order valence-electron chi connectivity index (χ3n) is 5.21. The van der Waals surface area contributed by atoms with Crippen LogP contribution in [0.25, 0.3) is 0 Å². The molecule has 0 aliphatic rings. The van der Waals surface area contributed by atoms with Gasteiger partial charge in [-0.2, -0.15) is 0 Å². The van der Waals surface area contributed by atoms with Crippen LogP contribution in [0.1, 0.15) is 82.1 Å². The van der Waals surface area contributed by atoms with Gasteiger partial charge in [-0.15, -0.1) is 0 Å². The Morgan fingerprint density at radius 2 is 1.17 bits per heavy atom. The first-order valence-electron chi connectivity index (χ1n) is 8.87. The summed E-state index contributed by atoms with van der Waals surface area (Å²) >= 11 is 0. The van der Waals surface area contributed by atoms with Crippen molar-refractivity contribution in [2.45, 2.75) is 65.2 Å². The first-order chi connectivity index (χ1) is 11.2. The van der Waals surface area contributed by atoms with E-state index in [0.29, 0.717) is 23.3 Å². The van der Waals surface area contributed by atoms with E-state index >= 15 is 0 Å². The highest BCUT2D eigenvalue weighted by Gasteiger charge is 2.32. The predicted octanol–water partition coefficient (Wildman–Crippen LogP) is 6.06. The highest BCUT2D eigenvalue weighted by Crippen LogP contribution is 2.43. The lowest BCUT2D eigenvalue weighted by atomic mass is 9.68. The molecule has 0 saturated carbocycles. The van der Waals surface area contributed by atoms with Crippen molar-refractivity contribution in [3.8, 4) is 11.5 Å². The standard InChI is InChI=1S/C22H30O2/c1-7-22(6,20-10-8-16(23)12-18(20)14(2)3)21-11-9-17(24)13-19(21)15(4)5/h8-15,23-24H,7H2,1-6H3. The number of hydrogen-bond donors (Lipinski definition) is 2. The molecule has 130 valence electrons. The minimum atomic E-state index is -0.166. The van der Waals surface area contributed by atoms with Crippen LogP contribution >= 0.6 is 0 Å². The topological polar surface area (TPSA) is 40.5 Å². The molecule has 0 aliphatic carbocycles. The van der Waals surface area contributed by atoms with Gasteiger partial charge in [0.1, 0.15) is 11.5 Å². The maximum absolute atomic E-state index is 9.94. The van der Waals surface area contributed by atoms with Gasteiger partial charge < -0.3 is 10.2 Å². The Hall–Kier alpha value is -1.96. The second kappa shape index (κ2) is 6.88. The molecule has 0 spiro atoms. The molecule has 2 nitrogen and oxygen atoms in total. The Balaban J connectivity index is 2.75. The summed E-state index contributed by atoms with van der Waals surface area (Å²) in [5.41, 5.74) is 4.71. The summed E-state index contributed by atoms with van der Waals surface area (Å²) in [6.07, 6.45) is 0.946. The van der Waals surface area contributed by atoms with E-state index in [4.69, 9.17) is 0 Å². The second-order valence-electron chi connectivity index (χ2n) is 7.54. The van der Waals surface area contributed by atoms with Crippen molar-refractivity contribution in [2.75, 3.05) is 0 Å². The smallest absolute Gasteiger partial charge is 0.115 e. The molecular weight excluding hydrogens is 296 g/mol. The molecular formula is C22H30O2. The molecule has 2 N–H and O–H groups in total. The fourth-order valence-corrected chi connectivity index (χ4v) is 3.59. The number of hydrogen-bond acceptors (Lipinski definition) is 2. The van der Waals surface area contributed by atoms with Crippen LogP contribution in [-0.4, -0.2) is 10.2 Å². The quantitative estimate of drug-likeness (QED) is 0.701. The van der Waals surface area contributed by atoms with Crippen LogP contribution in [0, 0.1) is 0 Å². The number of phenolic OH excluding ortho intramolecular Hbond substituents is 2. The molecule has 0 atom stereocenters. The first kappa shape index (κ1) is 18.4. The Bertz CT molecular complexity index is 656. The van der Waals surface area contributed by atoms with Gasteiger partial charge in [0, 0.05) is 5.41 Å². The largest absolute Gasteiger partial charge is 0.508 e. The van der Waals surface area contributed by atoms with Gasteiger partial charge in [0.25, 0.3) is 0 Å². The molecule has 2 heteroatoms. The maximum atomic E-state index is 9.94. The molecule has 24 heavy (non-hydrogen) atoms. The van der Waals surface area contributed by atoms with Crippen LogP contribution in [0.2, 0.25) is 0 Å². The Labute approximate surface area is 146 Å². The molecule has 2 aromatic carbocycles. The minimum absolute atomic E-state index is 0.166. The van der Waals surface area contributed by atoms with Gasteiger partial charge in [0.05, 0.1) is 0 Å². The minimum Gasteiger partial charge on any atom is -0.508 e. The number of aromatic hydroxyl groups is 2. The van der Waals surface area contributed by atoms with Gasteiger partial charge in [-0.3, -0.25) is 0 Å². The molecule has 2 rings (SSSR count). The van der Waals surface area contributed by atoms with Crippen molar-refractivity contribution in [2.24, 2.45) is 0 Å². The average Bonchev–Trinajstić information content (AvgIpc) is 2.53. The van der Waals surface area contributed by atoms with Gasteiger partial charge in [-0.05, 0) is 64.8 Å². The van der Waals surface area contributed by atoms with Crippen LogP contribution in [-0.2, 0) is 5.41 Å². The van der Waals surface area contributed by atoms with E-state index < -0.39 is 0 Å². The molecule has 0 amide bonds. The molecule has 0 saturated heterocycles. The maximum Gasteiger partial charge on any atom is 0.115 e. The zero-order valence-electron chi connectivity index (χ0n) is 15.7. The van der Waals surface area contributed by atoms with Crippen LogP contribution in [0.15, 0.2) is 36.4 Å². The first-order valence-corrected chi connectivity index (χ1v) is 8.87. The van der Waals surface area contributed by atoms with Crippen molar-refractivity contribution in [3.63, 3.8) is 0 Å². The summed E-state index contributed by atoms with van der Waals surface area (Å²) in [6.45, 7) is 13.1. The highest BCUT2D eigenvalue weighted by molar-refractivity contribution is 5.51. The number of rotatable bonds is 5. The van der Waals surface area contributed by atoms with Crippen molar-refractivity contribution < 1.29 is 10.2 Å². The van der Waals surface area contributed by atoms with Crippen LogP contribution < -0.4 is 0 Å². The summed E-state index contributed by atoms with van der Waals surface area (Å²) in [4.78, 5) is 0. The zero-order valence-corrected chi connectivity index (χ0v) is 15.7. The Kier molecular flexibility index (Phi) is 5.27. The zero-order chi connectivity index (χ0) is 18.1. The summed E-state index contributed by atoms with van der Waals surface area (Å²) in [6, 6.07) is 11.5. The molecule has 0 heterocycles. The fraction of sp³-hybridized carbons (Fsp3) is 0.455. The molecule has 2 aromatic rings. The van der Waals surface area contributed by atoms with Gasteiger partial charge in [0.15, 0.2) is 0 Å². The second-order valence-corrected chi connectivity index (χ2v) is 7.54. The van der Waals surface area contributed by atoms with E-state index in [9.17, 15) is 10.2 Å². The summed E-state index contributed by atoms with van der Waals surface area (Å²) in [7, 11) is 0. The lowest BCUT2D eigenvalue weighted by Crippen LogP contribution is -2.26. The van der Waals surface area contributed by atoms with E-state index in [0.717, 1.165) is 6.42 Å². The van der Waals surface area contributed by atoms with Crippen LogP contribution in [0.5, 0.6) is 11.5 Å². The van der Waals surface area contributed by atoms with E-state index in [1.54, 1.807) is 12.1 Å². The summed E-state index contributed by atoms with van der Waals surface area (Å²) in [5.74, 6) is 1.29. The third kappa shape index (κ3) is 3.28. The molecule has 0 aliphatic heterocycles. The van der Waals surface area contributed by atoms with Gasteiger partial charge >= 0.3 is 0 Å². The van der Waals surface area contributed by atoms with Gasteiger partial charge in [-0.1, -0.05) is 53.7 Å². The van der Waals surface area contributed by atoms with Crippen molar-refractivity contribution >= 4 is 0 Å². The Morgan fingerprint density at radius 1 is 0.792 bits per heavy atom. The van der Waals surface area contributed by atoms with E-state index in [2.05, 4.69) is 53.7 Å². The third-order valence-corrected chi connectivity index (χ3v) is 5.21. The lowest BCUT2D eigenvalue weighted by molar-refractivity contribution is 0.468. The predicted molar refractivity (Wildman–Crippen MR) is 101 cm³/mol. The SMILES string of the molecule is CCC(C)(c1ccc(O)cc1C(C)C)c1ccc(O)cc1C(C)C. The lowest BCUT2D eigenvalue weighted by Gasteiger charge is -2.35. The highest BCUT2D eigenvalue weighted by atomic mass is 16.3. The van der Waals surface area contributed by atoms with E-state index in [1.807, 2.05) is 12.1 Å². The van der Waals surface area contributed by atoms with Crippen molar-refractivity contribution in [1.82, 2.24) is 0 Å². The van der Waals surface area contributed by atoms with Crippen molar-refractivity contribution in [1.29, 1.82) is 0 Å².